The lowest BCUT2D eigenvalue weighted by Gasteiger charge is -2.15. The number of nitrogens with zero attached hydrogens (tertiary/aromatic N) is 3. The highest BCUT2D eigenvalue weighted by atomic mass is 16.5. The minimum absolute atomic E-state index is 0.386. The van der Waals surface area contributed by atoms with Crippen LogP contribution < -0.4 is 15.4 Å². The first-order valence-electron chi connectivity index (χ1n) is 7.73. The van der Waals surface area contributed by atoms with Crippen LogP contribution in [-0.2, 0) is 0 Å². The fourth-order valence-electron chi connectivity index (χ4n) is 2.23. The van der Waals surface area contributed by atoms with Crippen molar-refractivity contribution in [3.63, 3.8) is 0 Å². The smallest absolute Gasteiger partial charge is 0.318 e. The number of hydrogen-bond donors (Lipinski definition) is 1. The fourth-order valence-corrected chi connectivity index (χ4v) is 2.23. The van der Waals surface area contributed by atoms with Crippen molar-refractivity contribution < 1.29 is 13.9 Å². The molecule has 7 heteroatoms. The van der Waals surface area contributed by atoms with E-state index in [1.165, 1.54) is 4.90 Å². The molecule has 0 aliphatic heterocycles. The van der Waals surface area contributed by atoms with Gasteiger partial charge in [0.15, 0.2) is 6.10 Å². The first kappa shape index (κ1) is 16.5. The highest BCUT2D eigenvalue weighted by molar-refractivity contribution is 5.90. The van der Waals surface area contributed by atoms with E-state index in [4.69, 9.17) is 14.9 Å². The third kappa shape index (κ3) is 3.77. The van der Waals surface area contributed by atoms with E-state index >= 15 is 0 Å². The minimum Gasteiger partial charge on any atom is -0.481 e. The van der Waals surface area contributed by atoms with Gasteiger partial charge in [-0.3, -0.25) is 4.90 Å². The Kier molecular flexibility index (Phi) is 4.65. The van der Waals surface area contributed by atoms with E-state index in [1.807, 2.05) is 37.3 Å². The second-order valence-electron chi connectivity index (χ2n) is 5.46. The second-order valence-corrected chi connectivity index (χ2v) is 5.46. The monoisotopic (exact) mass is 338 g/mol. The summed E-state index contributed by atoms with van der Waals surface area (Å²) in [5.74, 6) is 1.45. The molecule has 0 radical (unpaired) electrons. The topological polar surface area (TPSA) is 94.5 Å². The maximum Gasteiger partial charge on any atom is 0.318 e. The molecular weight excluding hydrogens is 320 g/mol. The number of rotatable bonds is 5. The molecule has 1 heterocycles. The highest BCUT2D eigenvalue weighted by Crippen LogP contribution is 2.25. The van der Waals surface area contributed by atoms with Crippen LogP contribution in [0, 0.1) is 0 Å². The summed E-state index contributed by atoms with van der Waals surface area (Å²) in [6, 6.07) is 16.0. The summed E-state index contributed by atoms with van der Waals surface area (Å²) in [5.41, 5.74) is 6.77. The van der Waals surface area contributed by atoms with Crippen molar-refractivity contribution in [3.05, 3.63) is 60.5 Å². The molecule has 1 aromatic heterocycles. The van der Waals surface area contributed by atoms with Gasteiger partial charge in [0.2, 0.25) is 5.89 Å². The molecule has 0 bridgehead atoms. The Bertz CT molecular complexity index is 846. The average molecular weight is 338 g/mol. The lowest BCUT2D eigenvalue weighted by Crippen LogP contribution is -2.31. The summed E-state index contributed by atoms with van der Waals surface area (Å²) in [6.45, 7) is 1.83. The lowest BCUT2D eigenvalue weighted by atomic mass is 10.2. The largest absolute Gasteiger partial charge is 0.481 e. The van der Waals surface area contributed by atoms with E-state index in [2.05, 4.69) is 10.2 Å². The van der Waals surface area contributed by atoms with Gasteiger partial charge in [-0.05, 0) is 43.3 Å². The molecule has 25 heavy (non-hydrogen) atoms. The quantitative estimate of drug-likeness (QED) is 0.769. The molecule has 1 atom stereocenters. The number of ether oxygens (including phenoxy) is 1. The van der Waals surface area contributed by atoms with Crippen LogP contribution in [0.4, 0.5) is 10.5 Å². The first-order valence-corrected chi connectivity index (χ1v) is 7.73. The van der Waals surface area contributed by atoms with Crippen molar-refractivity contribution in [1.82, 2.24) is 10.2 Å². The Balaban J connectivity index is 1.69. The third-order valence-corrected chi connectivity index (χ3v) is 3.68. The molecule has 0 spiro atoms. The minimum atomic E-state index is -0.527. The molecule has 128 valence electrons. The van der Waals surface area contributed by atoms with Crippen LogP contribution in [0.1, 0.15) is 18.9 Å². The number of carbonyl (C=O) groups excluding carboxylic acids is 1. The predicted molar refractivity (Wildman–Crippen MR) is 93.2 cm³/mol. The van der Waals surface area contributed by atoms with Gasteiger partial charge >= 0.3 is 6.03 Å². The van der Waals surface area contributed by atoms with Gasteiger partial charge in [-0.25, -0.2) is 4.79 Å². The average Bonchev–Trinajstić information content (AvgIpc) is 3.13. The zero-order valence-corrected chi connectivity index (χ0v) is 13.9. The van der Waals surface area contributed by atoms with Gasteiger partial charge in [-0.1, -0.05) is 18.2 Å². The van der Waals surface area contributed by atoms with Gasteiger partial charge in [0.25, 0.3) is 5.89 Å². The molecule has 2 amide bonds. The zero-order chi connectivity index (χ0) is 17.8. The molecule has 7 nitrogen and oxygen atoms in total. The van der Waals surface area contributed by atoms with E-state index < -0.39 is 12.1 Å². The summed E-state index contributed by atoms with van der Waals surface area (Å²) < 4.78 is 11.5. The van der Waals surface area contributed by atoms with Crippen molar-refractivity contribution >= 4 is 11.7 Å². The lowest BCUT2D eigenvalue weighted by molar-refractivity contribution is 0.189. The van der Waals surface area contributed by atoms with Gasteiger partial charge in [0.1, 0.15) is 5.75 Å². The van der Waals surface area contributed by atoms with Crippen LogP contribution >= 0.6 is 0 Å². The number of nitrogens with two attached hydrogens (primary N) is 1. The molecule has 0 aliphatic rings. The molecule has 0 unspecified atom stereocenters. The summed E-state index contributed by atoms with van der Waals surface area (Å²) in [5, 5.41) is 8.10. The Labute approximate surface area is 145 Å². The van der Waals surface area contributed by atoms with Gasteiger partial charge in [-0.15, -0.1) is 10.2 Å². The number of hydrogen-bond acceptors (Lipinski definition) is 5. The summed E-state index contributed by atoms with van der Waals surface area (Å²) in [6.07, 6.45) is -0.412. The molecular formula is C18H18N4O3. The summed E-state index contributed by atoms with van der Waals surface area (Å²) >= 11 is 0. The second kappa shape index (κ2) is 7.04. The maximum absolute atomic E-state index is 11.2. The van der Waals surface area contributed by atoms with Crippen LogP contribution in [0.15, 0.2) is 59.0 Å². The number of aromatic nitrogens is 2. The van der Waals surface area contributed by atoms with Gasteiger partial charge in [0, 0.05) is 18.3 Å². The summed E-state index contributed by atoms with van der Waals surface area (Å²) in [4.78, 5) is 12.5. The van der Waals surface area contributed by atoms with Crippen LogP contribution in [0.3, 0.4) is 0 Å². The molecule has 3 rings (SSSR count). The Morgan fingerprint density at radius 1 is 1.12 bits per heavy atom. The van der Waals surface area contributed by atoms with Crippen molar-refractivity contribution in [1.29, 1.82) is 0 Å². The van der Waals surface area contributed by atoms with Gasteiger partial charge in [0.05, 0.1) is 0 Å². The van der Waals surface area contributed by atoms with Crippen molar-refractivity contribution in [3.8, 4) is 17.2 Å². The zero-order valence-electron chi connectivity index (χ0n) is 13.9. The molecule has 2 aromatic carbocycles. The molecule has 3 aromatic rings. The molecule has 0 aliphatic carbocycles. The Hall–Kier alpha value is -3.35. The Morgan fingerprint density at radius 3 is 2.44 bits per heavy atom. The highest BCUT2D eigenvalue weighted by Gasteiger charge is 2.17. The normalized spacial score (nSPS) is 11.8. The fraction of sp³-hybridized carbons (Fsp3) is 0.167. The predicted octanol–water partition coefficient (Wildman–Crippen LogP) is 3.39. The third-order valence-electron chi connectivity index (χ3n) is 3.68. The van der Waals surface area contributed by atoms with E-state index in [0.717, 1.165) is 5.56 Å². The van der Waals surface area contributed by atoms with E-state index in [9.17, 15) is 4.79 Å². The number of primary amides is 1. The maximum atomic E-state index is 11.2. The van der Waals surface area contributed by atoms with Crippen molar-refractivity contribution in [2.45, 2.75) is 13.0 Å². The number of benzene rings is 2. The molecule has 0 fully saturated rings. The van der Waals surface area contributed by atoms with Crippen LogP contribution in [0.25, 0.3) is 11.5 Å². The van der Waals surface area contributed by atoms with Crippen LogP contribution in [0.2, 0.25) is 0 Å². The van der Waals surface area contributed by atoms with Crippen LogP contribution in [-0.4, -0.2) is 23.3 Å². The van der Waals surface area contributed by atoms with Crippen molar-refractivity contribution in [2.75, 3.05) is 11.9 Å². The van der Waals surface area contributed by atoms with Crippen molar-refractivity contribution in [2.24, 2.45) is 5.73 Å². The van der Waals surface area contributed by atoms with Crippen LogP contribution in [0.5, 0.6) is 5.75 Å². The SMILES string of the molecule is C[C@@H](Oc1ccc(N(C)C(N)=O)cc1)c1nnc(-c2ccccc2)o1. The number of urea groups is 1. The first-order chi connectivity index (χ1) is 12.0. The molecule has 0 saturated carbocycles. The number of carbonyl (C=O) groups is 1. The van der Waals surface area contributed by atoms with Gasteiger partial charge < -0.3 is 14.9 Å². The molecule has 0 saturated heterocycles. The molecule has 2 N–H and O–H groups in total. The number of anilines is 1. The van der Waals surface area contributed by atoms with E-state index in [-0.39, 0.29) is 0 Å². The van der Waals surface area contributed by atoms with E-state index in [0.29, 0.717) is 23.2 Å². The Morgan fingerprint density at radius 2 is 1.80 bits per heavy atom. The summed E-state index contributed by atoms with van der Waals surface area (Å²) in [7, 11) is 1.60. The standard InChI is InChI=1S/C18H18N4O3/c1-12(16-20-21-17(25-16)13-6-4-3-5-7-13)24-15-10-8-14(9-11-15)22(2)18(19)23/h3-12H,1-2H3,(H2,19,23)/t12-/m1/s1. The van der Waals surface area contributed by atoms with Gasteiger partial charge in [-0.2, -0.15) is 0 Å². The number of amides is 2. The van der Waals surface area contributed by atoms with E-state index in [1.54, 1.807) is 31.3 Å².